The van der Waals surface area contributed by atoms with Crippen molar-refractivity contribution in [2.45, 2.75) is 19.5 Å². The molecule has 0 aromatic heterocycles. The lowest BCUT2D eigenvalue weighted by molar-refractivity contribution is -0.558. The first-order chi connectivity index (χ1) is 4.00. The molecule has 6 nitrogen and oxygen atoms in total. The maximum Gasteiger partial charge on any atom is 0.295 e. The topological polar surface area (TPSA) is 91.9 Å². The van der Waals surface area contributed by atoms with Crippen LogP contribution in [0.3, 0.4) is 0 Å². The molecule has 0 aromatic rings. The summed E-state index contributed by atoms with van der Waals surface area (Å²) < 4.78 is 0. The van der Waals surface area contributed by atoms with Gasteiger partial charge in [0, 0.05) is 23.7 Å². The molecule has 0 radical (unpaired) electrons. The molecule has 0 aromatic carbocycles. The number of azide groups is 1. The molecule has 6 heteroatoms. The van der Waals surface area contributed by atoms with Crippen LogP contribution in [0.1, 0.15) is 13.8 Å². The highest BCUT2D eigenvalue weighted by molar-refractivity contribution is 4.62. The van der Waals surface area contributed by atoms with Crippen LogP contribution in [0.15, 0.2) is 5.11 Å². The highest BCUT2D eigenvalue weighted by Gasteiger charge is 2.28. The van der Waals surface area contributed by atoms with E-state index in [2.05, 4.69) is 10.0 Å². The second-order valence-electron chi connectivity index (χ2n) is 1.94. The van der Waals surface area contributed by atoms with Crippen LogP contribution < -0.4 is 0 Å². The van der Waals surface area contributed by atoms with Crippen LogP contribution in [-0.4, -0.2) is 10.6 Å². The molecule has 0 aliphatic rings. The summed E-state index contributed by atoms with van der Waals surface area (Å²) in [6.07, 6.45) is 0. The molecular weight excluding hydrogens is 124 g/mol. The molecule has 0 spiro atoms. The molecule has 0 unspecified atom stereocenters. The molecule has 0 saturated heterocycles. The van der Waals surface area contributed by atoms with Gasteiger partial charge in [-0.15, -0.1) is 0 Å². The van der Waals surface area contributed by atoms with E-state index in [9.17, 15) is 10.1 Å². The molecule has 0 heterocycles. The van der Waals surface area contributed by atoms with Crippen LogP contribution in [0.4, 0.5) is 0 Å². The molecule has 0 atom stereocenters. The number of rotatable bonds is 2. The molecule has 0 fully saturated rings. The first-order valence-electron chi connectivity index (χ1n) is 2.21. The number of nitrogens with zero attached hydrogens (tertiary/aromatic N) is 4. The zero-order chi connectivity index (χ0) is 7.49. The molecule has 0 N–H and O–H groups in total. The largest absolute Gasteiger partial charge is 0.295 e. The summed E-state index contributed by atoms with van der Waals surface area (Å²) >= 11 is 0. The fraction of sp³-hybridized carbons (Fsp3) is 1.00. The Morgan fingerprint density at radius 1 is 1.78 bits per heavy atom. The second-order valence-corrected chi connectivity index (χ2v) is 1.94. The zero-order valence-corrected chi connectivity index (χ0v) is 5.11. The minimum atomic E-state index is -1.52. The van der Waals surface area contributed by atoms with Crippen molar-refractivity contribution in [2.24, 2.45) is 5.11 Å². The van der Waals surface area contributed by atoms with Gasteiger partial charge in [-0.05, 0) is 10.6 Å². The van der Waals surface area contributed by atoms with Gasteiger partial charge in [0.05, 0.1) is 0 Å². The smallest absolute Gasteiger partial charge is 0.264 e. The molecule has 0 saturated carbocycles. The standard InChI is InChI=1S/C3H6N4O2/c1-3(2,5-6-4)7(8)9/h1-2H3. The van der Waals surface area contributed by atoms with Crippen LogP contribution >= 0.6 is 0 Å². The van der Waals surface area contributed by atoms with E-state index in [1.807, 2.05) is 0 Å². The van der Waals surface area contributed by atoms with Crippen molar-refractivity contribution < 1.29 is 4.92 Å². The van der Waals surface area contributed by atoms with Gasteiger partial charge in [-0.2, -0.15) is 0 Å². The van der Waals surface area contributed by atoms with E-state index in [1.165, 1.54) is 13.8 Å². The van der Waals surface area contributed by atoms with Gasteiger partial charge in [0.25, 0.3) is 5.66 Å². The van der Waals surface area contributed by atoms with Crippen molar-refractivity contribution in [2.75, 3.05) is 0 Å². The van der Waals surface area contributed by atoms with Crippen molar-refractivity contribution in [3.8, 4) is 0 Å². The van der Waals surface area contributed by atoms with Crippen molar-refractivity contribution in [1.29, 1.82) is 0 Å². The quantitative estimate of drug-likeness (QED) is 0.185. The molecular formula is C3H6N4O2. The maximum absolute atomic E-state index is 9.95. The third kappa shape index (κ3) is 1.96. The lowest BCUT2D eigenvalue weighted by Gasteiger charge is -2.05. The summed E-state index contributed by atoms with van der Waals surface area (Å²) in [5.74, 6) is 0. The fourth-order valence-corrected chi connectivity index (χ4v) is 0.146. The summed E-state index contributed by atoms with van der Waals surface area (Å²) in [4.78, 5) is 11.6. The fourth-order valence-electron chi connectivity index (χ4n) is 0.146. The first-order valence-corrected chi connectivity index (χ1v) is 2.21. The van der Waals surface area contributed by atoms with Gasteiger partial charge >= 0.3 is 0 Å². The zero-order valence-electron chi connectivity index (χ0n) is 5.11. The van der Waals surface area contributed by atoms with E-state index in [0.29, 0.717) is 0 Å². The summed E-state index contributed by atoms with van der Waals surface area (Å²) in [6.45, 7) is 2.46. The van der Waals surface area contributed by atoms with E-state index >= 15 is 0 Å². The maximum atomic E-state index is 9.95. The average Bonchev–Trinajstić information content (AvgIpc) is 1.65. The van der Waals surface area contributed by atoms with Crippen LogP contribution in [0.2, 0.25) is 0 Å². The lowest BCUT2D eigenvalue weighted by atomic mass is 10.3. The Labute approximate surface area is 51.3 Å². The van der Waals surface area contributed by atoms with E-state index < -0.39 is 10.6 Å². The Morgan fingerprint density at radius 3 is 2.33 bits per heavy atom. The predicted octanol–water partition coefficient (Wildman–Crippen LogP) is 1.31. The minimum absolute atomic E-state index is 0.646. The summed E-state index contributed by atoms with van der Waals surface area (Å²) in [6, 6.07) is 0. The molecule has 0 aliphatic heterocycles. The Kier molecular flexibility index (Phi) is 1.99. The van der Waals surface area contributed by atoms with E-state index in [4.69, 9.17) is 5.53 Å². The summed E-state index contributed by atoms with van der Waals surface area (Å²) in [5.41, 5.74) is 6.29. The monoisotopic (exact) mass is 130 g/mol. The third-order valence-corrected chi connectivity index (χ3v) is 0.736. The molecule has 9 heavy (non-hydrogen) atoms. The summed E-state index contributed by atoms with van der Waals surface area (Å²) in [7, 11) is 0. The van der Waals surface area contributed by atoms with Gasteiger partial charge < -0.3 is 0 Å². The second kappa shape index (κ2) is 2.32. The van der Waals surface area contributed by atoms with Crippen molar-refractivity contribution in [1.82, 2.24) is 0 Å². The molecule has 0 aliphatic carbocycles. The van der Waals surface area contributed by atoms with Crippen molar-refractivity contribution >= 4 is 0 Å². The van der Waals surface area contributed by atoms with Gasteiger partial charge in [0.2, 0.25) is 0 Å². The number of hydrogen-bond acceptors (Lipinski definition) is 3. The Balaban J connectivity index is 4.37. The van der Waals surface area contributed by atoms with E-state index in [0.717, 1.165) is 0 Å². The molecule has 0 amide bonds. The van der Waals surface area contributed by atoms with Gasteiger partial charge in [-0.1, -0.05) is 0 Å². The Bertz CT molecular complexity index is 165. The normalized spacial score (nSPS) is 10.0. The molecule has 0 bridgehead atoms. The van der Waals surface area contributed by atoms with Crippen LogP contribution in [-0.2, 0) is 0 Å². The first kappa shape index (κ1) is 7.71. The molecule has 0 rings (SSSR count). The van der Waals surface area contributed by atoms with E-state index in [-0.39, 0.29) is 0 Å². The van der Waals surface area contributed by atoms with Gasteiger partial charge in [-0.3, -0.25) is 10.1 Å². The number of hydrogen-bond donors (Lipinski definition) is 0. The van der Waals surface area contributed by atoms with Crippen molar-refractivity contribution in [3.63, 3.8) is 0 Å². The lowest BCUT2D eigenvalue weighted by Crippen LogP contribution is -2.27. The third-order valence-electron chi connectivity index (χ3n) is 0.736. The van der Waals surface area contributed by atoms with Crippen LogP contribution in [0.25, 0.3) is 10.4 Å². The summed E-state index contributed by atoms with van der Waals surface area (Å²) in [5, 5.41) is 12.9. The van der Waals surface area contributed by atoms with Gasteiger partial charge in [-0.25, -0.2) is 0 Å². The highest BCUT2D eigenvalue weighted by atomic mass is 16.6. The van der Waals surface area contributed by atoms with Gasteiger partial charge in [0.1, 0.15) is 0 Å². The highest BCUT2D eigenvalue weighted by Crippen LogP contribution is 2.08. The molecule has 50 valence electrons. The van der Waals surface area contributed by atoms with E-state index in [1.54, 1.807) is 0 Å². The Morgan fingerprint density at radius 2 is 2.22 bits per heavy atom. The van der Waals surface area contributed by atoms with Crippen molar-refractivity contribution in [3.05, 3.63) is 20.6 Å². The van der Waals surface area contributed by atoms with Crippen LogP contribution in [0, 0.1) is 10.1 Å². The minimum Gasteiger partial charge on any atom is -0.264 e. The predicted molar refractivity (Wildman–Crippen MR) is 30.2 cm³/mol. The Hall–Kier alpha value is -1.29. The number of nitro groups is 1. The van der Waals surface area contributed by atoms with Gasteiger partial charge in [0.15, 0.2) is 0 Å². The SMILES string of the molecule is CC(C)(N=[N+]=[N-])[N+](=O)[O-]. The average molecular weight is 130 g/mol. The van der Waals surface area contributed by atoms with Crippen LogP contribution in [0.5, 0.6) is 0 Å².